The smallest absolute Gasteiger partial charge is 0.0737 e. The van der Waals surface area contributed by atoms with Crippen molar-refractivity contribution in [2.75, 3.05) is 0 Å². The first-order valence-corrected chi connectivity index (χ1v) is 40.7. The molecule has 20 aromatic carbocycles. The van der Waals surface area contributed by atoms with Crippen LogP contribution in [0.15, 0.2) is 340 Å². The summed E-state index contributed by atoms with van der Waals surface area (Å²) in [4.78, 5) is 19.6. The van der Waals surface area contributed by atoms with Crippen LogP contribution in [0.5, 0.6) is 0 Å². The van der Waals surface area contributed by atoms with E-state index in [1.807, 2.05) is 0 Å². The molecule has 3 aromatic heterocycles. The first-order valence-electron chi connectivity index (χ1n) is 40.7. The van der Waals surface area contributed by atoms with Gasteiger partial charge in [0, 0.05) is 88.8 Å². The van der Waals surface area contributed by atoms with Crippen molar-refractivity contribution < 1.29 is 0 Å². The second-order valence-electron chi connectivity index (χ2n) is 31.7. The van der Waals surface area contributed by atoms with Gasteiger partial charge < -0.3 is 9.97 Å². The first kappa shape index (κ1) is 66.8. The molecule has 120 heavy (non-hydrogen) atoms. The topological polar surface area (TPSA) is 57.4 Å². The number of fused-ring (bicyclic) bond motifs is 8. The van der Waals surface area contributed by atoms with Crippen LogP contribution in [0.1, 0.15) is 67.3 Å². The van der Waals surface area contributed by atoms with Crippen LogP contribution < -0.4 is 0 Å². The largest absolute Gasteiger partial charge is 0.354 e. The zero-order chi connectivity index (χ0) is 78.6. The van der Waals surface area contributed by atoms with E-state index in [-0.39, 0.29) is 0 Å². The fourth-order valence-electron chi connectivity index (χ4n) is 19.2. The molecule has 8 bridgehead atoms. The Labute approximate surface area is 689 Å². The molecule has 0 amide bonds. The number of rotatable bonds is 4. The summed E-state index contributed by atoms with van der Waals surface area (Å²) < 4.78 is 0. The van der Waals surface area contributed by atoms with E-state index in [2.05, 4.69) is 421 Å². The van der Waals surface area contributed by atoms with Crippen molar-refractivity contribution in [1.29, 1.82) is 0 Å². The maximum absolute atomic E-state index is 5.77. The number of aromatic nitrogens is 4. The third kappa shape index (κ3) is 10.8. The van der Waals surface area contributed by atoms with Crippen molar-refractivity contribution in [1.82, 2.24) is 19.9 Å². The zero-order valence-corrected chi connectivity index (χ0v) is 64.5. The van der Waals surface area contributed by atoms with Crippen LogP contribution >= 0.6 is 0 Å². The van der Waals surface area contributed by atoms with Gasteiger partial charge in [0.2, 0.25) is 0 Å². The monoisotopic (exact) mass is 1510 g/mol. The third-order valence-corrected chi connectivity index (χ3v) is 24.9. The van der Waals surface area contributed by atoms with Crippen LogP contribution in [0.4, 0.5) is 0 Å². The molecule has 0 fully saturated rings. The van der Waals surface area contributed by atoms with Crippen LogP contribution in [0.25, 0.3) is 220 Å². The molecular weight excluding hydrogens is 1450 g/mol. The number of hydrogen-bond donors (Lipinski definition) is 2. The summed E-state index contributed by atoms with van der Waals surface area (Å²) >= 11 is 0. The van der Waals surface area contributed by atoms with Gasteiger partial charge in [0.25, 0.3) is 0 Å². The maximum Gasteiger partial charge on any atom is 0.0737 e. The molecule has 5 heterocycles. The molecule has 0 spiro atoms. The molecule has 2 aliphatic heterocycles. The van der Waals surface area contributed by atoms with E-state index in [1.165, 1.54) is 108 Å². The predicted molar refractivity (Wildman–Crippen MR) is 505 cm³/mol. The lowest BCUT2D eigenvalue weighted by atomic mass is 9.92. The molecule has 4 nitrogen and oxygen atoms in total. The average Bonchev–Trinajstić information content (AvgIpc) is 0.925. The Morgan fingerprint density at radius 3 is 0.575 bits per heavy atom. The lowest BCUT2D eigenvalue weighted by Crippen LogP contribution is -1.90. The lowest BCUT2D eigenvalue weighted by molar-refractivity contribution is 1.31. The molecule has 0 radical (unpaired) electrons. The highest BCUT2D eigenvalue weighted by Crippen LogP contribution is 2.44. The molecule has 0 aliphatic carbocycles. The fraction of sp³-hybridized carbons (Fsp3) is 0. The number of hydrogen-bond acceptors (Lipinski definition) is 2. The molecule has 2 aliphatic rings. The number of nitrogens with zero attached hydrogens (tertiary/aromatic N) is 2. The molecule has 4 heteroatoms. The Bertz CT molecular complexity index is 7800. The van der Waals surface area contributed by atoms with E-state index < -0.39 is 0 Å². The summed E-state index contributed by atoms with van der Waals surface area (Å²) in [6, 6.07) is 123. The van der Waals surface area contributed by atoms with E-state index in [1.54, 1.807) is 0 Å². The van der Waals surface area contributed by atoms with E-state index in [0.29, 0.717) is 0 Å². The highest BCUT2D eigenvalue weighted by molar-refractivity contribution is 6.28. The molecular formula is C116H62N4. The van der Waals surface area contributed by atoms with Crippen molar-refractivity contribution in [3.63, 3.8) is 0 Å². The number of nitrogens with one attached hydrogen (secondary N) is 2. The standard InChI is InChI=1S/C116H62N4/c1-5-77-45-49-85-41-37-73(93-57-53-81(9-1)105(77)109(85)93)25-13-69-17-29-89(30-18-69)113-97-61-63-99(117-97)114(90-31-19-70(20-32-90)14-26-74-38-42-86-50-46-78-6-2-10-82-54-58-94(74)110(86)106(78)82)101-65-67-103(119-101)116(92-35-23-72(24-36-92)16-28-76-40-44-88-52-48-80-8-4-12-84-56-60-96(76)112(88)108(80)84)104-68-66-102(120-104)115(100-64-62-98(113)118-100)91-33-21-71(22-34-91)15-27-75-39-43-87-51-47-79-7-3-11-83-55-59-95(75)111(87)107(79)83/h1-12,17-24,29-68,117,120H. The minimum absolute atomic E-state index is 0.801. The summed E-state index contributed by atoms with van der Waals surface area (Å²) in [6.45, 7) is 0. The molecule has 0 atom stereocenters. The summed E-state index contributed by atoms with van der Waals surface area (Å²) in [5.41, 5.74) is 22.0. The number of aromatic amines is 2. The minimum atomic E-state index is 0.801. The van der Waals surface area contributed by atoms with E-state index >= 15 is 0 Å². The molecule has 0 unspecified atom stereocenters. The van der Waals surface area contributed by atoms with Gasteiger partial charge in [-0.3, -0.25) is 0 Å². The van der Waals surface area contributed by atoms with Gasteiger partial charge in [-0.1, -0.05) is 290 Å². The highest BCUT2D eigenvalue weighted by Gasteiger charge is 2.22. The molecule has 546 valence electrons. The van der Waals surface area contributed by atoms with Crippen molar-refractivity contribution in [3.05, 3.63) is 407 Å². The van der Waals surface area contributed by atoms with Gasteiger partial charge in [-0.25, -0.2) is 9.97 Å². The van der Waals surface area contributed by atoms with E-state index in [9.17, 15) is 0 Å². The molecule has 0 saturated heterocycles. The normalized spacial score (nSPS) is 12.0. The van der Waals surface area contributed by atoms with Crippen molar-refractivity contribution >= 4 is 176 Å². The maximum atomic E-state index is 5.77. The van der Waals surface area contributed by atoms with Gasteiger partial charge in [0.1, 0.15) is 0 Å². The lowest BCUT2D eigenvalue weighted by Gasteiger charge is -2.11. The summed E-state index contributed by atoms with van der Waals surface area (Å²) in [5, 5.41) is 29.5. The van der Waals surface area contributed by atoms with Gasteiger partial charge in [-0.2, -0.15) is 0 Å². The van der Waals surface area contributed by atoms with Gasteiger partial charge in [-0.15, -0.1) is 0 Å². The zero-order valence-electron chi connectivity index (χ0n) is 64.5. The predicted octanol–water partition coefficient (Wildman–Crippen LogP) is 28.5. The average molecular weight is 1510 g/mol. The fourth-order valence-corrected chi connectivity index (χ4v) is 19.2. The van der Waals surface area contributed by atoms with Crippen LogP contribution in [-0.2, 0) is 0 Å². The quantitative estimate of drug-likeness (QED) is 0.136. The second kappa shape index (κ2) is 26.5. The first-order chi connectivity index (χ1) is 59.4. The van der Waals surface area contributed by atoms with Gasteiger partial charge in [0.15, 0.2) is 0 Å². The second-order valence-corrected chi connectivity index (χ2v) is 31.7. The van der Waals surface area contributed by atoms with E-state index in [4.69, 9.17) is 9.97 Å². The molecule has 2 N–H and O–H groups in total. The van der Waals surface area contributed by atoms with Gasteiger partial charge in [0.05, 0.1) is 22.8 Å². The van der Waals surface area contributed by atoms with Crippen LogP contribution in [0.2, 0.25) is 0 Å². The molecule has 0 saturated carbocycles. The number of H-pyrrole nitrogens is 2. The Morgan fingerprint density at radius 2 is 0.358 bits per heavy atom. The third-order valence-electron chi connectivity index (χ3n) is 24.9. The van der Waals surface area contributed by atoms with Crippen LogP contribution in [-0.4, -0.2) is 19.9 Å². The minimum Gasteiger partial charge on any atom is -0.354 e. The molecule has 25 rings (SSSR count). The Kier molecular flexibility index (Phi) is 14.7. The SMILES string of the molecule is C(#Cc1ccc2ccc3cccc4ccc1c2c34)c1ccc(-c2c3nc(c(-c4ccc(C#Cc5ccc6ccc7cccc8ccc5c6c78)cc4)c4ccc([nH]4)c(-c4ccc(C#Cc5ccc6ccc7cccc8ccc5c6c78)cc4)c4nc(c(-c5ccc(C#Cc6ccc7ccc8cccc9ccc6c7c89)cc5)c5ccc2[nH]5)C=C4)C=C3)cc1. The van der Waals surface area contributed by atoms with Crippen LogP contribution in [0.3, 0.4) is 0 Å². The Balaban J connectivity index is 0.661. The summed E-state index contributed by atoms with van der Waals surface area (Å²) in [5.74, 6) is 28.8. The van der Waals surface area contributed by atoms with Gasteiger partial charge >= 0.3 is 0 Å². The van der Waals surface area contributed by atoms with Crippen LogP contribution in [0, 0.1) is 47.4 Å². The van der Waals surface area contributed by atoms with Crippen molar-refractivity contribution in [2.24, 2.45) is 0 Å². The van der Waals surface area contributed by atoms with Gasteiger partial charge in [-0.05, 0) is 273 Å². The Hall–Kier alpha value is -16.6. The summed E-state index contributed by atoms with van der Waals surface area (Å²) in [6.07, 6.45) is 8.65. The van der Waals surface area contributed by atoms with E-state index in [0.717, 1.165) is 155 Å². The van der Waals surface area contributed by atoms with Crippen molar-refractivity contribution in [3.8, 4) is 91.9 Å². The van der Waals surface area contributed by atoms with Crippen molar-refractivity contribution in [2.45, 2.75) is 0 Å². The highest BCUT2D eigenvalue weighted by atomic mass is 14.8. The Morgan fingerprint density at radius 1 is 0.167 bits per heavy atom. The number of benzene rings is 20. The molecule has 23 aromatic rings. The summed E-state index contributed by atoms with van der Waals surface area (Å²) in [7, 11) is 0.